The van der Waals surface area contributed by atoms with Gasteiger partial charge < -0.3 is 5.11 Å². The fraction of sp³-hybridized carbons (Fsp3) is 0.200. The Labute approximate surface area is 86.1 Å². The van der Waals surface area contributed by atoms with Gasteiger partial charge in [-0.2, -0.15) is 0 Å². The van der Waals surface area contributed by atoms with E-state index in [0.29, 0.717) is 0 Å². The molecular formula is C10H10N2OS. The van der Waals surface area contributed by atoms with Gasteiger partial charge in [0.25, 0.3) is 0 Å². The Balaban J connectivity index is 2.46. The van der Waals surface area contributed by atoms with Crippen molar-refractivity contribution < 1.29 is 5.11 Å². The minimum atomic E-state index is 0.0105. The number of aryl methyl sites for hydroxylation is 1. The largest absolute Gasteiger partial charge is 0.389 e. The molecule has 2 aromatic heterocycles. The lowest BCUT2D eigenvalue weighted by atomic mass is 10.2. The van der Waals surface area contributed by atoms with Crippen LogP contribution in [0, 0.1) is 6.92 Å². The molecule has 0 aromatic carbocycles. The molecule has 0 fully saturated rings. The molecule has 0 amide bonds. The summed E-state index contributed by atoms with van der Waals surface area (Å²) in [6, 6.07) is 3.84. The molecule has 0 unspecified atom stereocenters. The highest BCUT2D eigenvalue weighted by Crippen LogP contribution is 2.26. The van der Waals surface area contributed by atoms with Gasteiger partial charge >= 0.3 is 0 Å². The summed E-state index contributed by atoms with van der Waals surface area (Å²) in [5.41, 5.74) is 2.00. The van der Waals surface area contributed by atoms with Crippen molar-refractivity contribution in [2.24, 2.45) is 0 Å². The third-order valence-electron chi connectivity index (χ3n) is 1.93. The molecule has 2 heterocycles. The van der Waals surface area contributed by atoms with Crippen LogP contribution in [0.5, 0.6) is 0 Å². The first kappa shape index (κ1) is 9.30. The van der Waals surface area contributed by atoms with Crippen molar-refractivity contribution in [3.8, 4) is 11.3 Å². The van der Waals surface area contributed by atoms with E-state index < -0.39 is 0 Å². The molecular weight excluding hydrogens is 196 g/mol. The van der Waals surface area contributed by atoms with Gasteiger partial charge in [0.2, 0.25) is 0 Å². The summed E-state index contributed by atoms with van der Waals surface area (Å²) in [4.78, 5) is 9.42. The van der Waals surface area contributed by atoms with Crippen LogP contribution in [0.4, 0.5) is 0 Å². The second kappa shape index (κ2) is 3.86. The van der Waals surface area contributed by atoms with Crippen molar-refractivity contribution in [2.45, 2.75) is 13.5 Å². The first-order valence-corrected chi connectivity index (χ1v) is 5.10. The predicted molar refractivity (Wildman–Crippen MR) is 56.0 cm³/mol. The number of aliphatic hydroxyl groups excluding tert-OH is 1. The van der Waals surface area contributed by atoms with Gasteiger partial charge in [0.15, 0.2) is 0 Å². The topological polar surface area (TPSA) is 46.0 Å². The van der Waals surface area contributed by atoms with Gasteiger partial charge in [-0.05, 0) is 19.1 Å². The third kappa shape index (κ3) is 1.66. The van der Waals surface area contributed by atoms with Crippen LogP contribution in [-0.2, 0) is 6.61 Å². The van der Waals surface area contributed by atoms with Crippen LogP contribution < -0.4 is 0 Å². The molecule has 4 heteroatoms. The lowest BCUT2D eigenvalue weighted by Gasteiger charge is -1.95. The Morgan fingerprint density at radius 3 is 2.64 bits per heavy atom. The molecule has 2 aromatic rings. The standard InChI is InChI=1S/C10H10N2OS/c1-7-10(12-9(6-13)14-7)8-2-4-11-5-3-8/h2-5,13H,6H2,1H3. The highest BCUT2D eigenvalue weighted by atomic mass is 32.1. The Hall–Kier alpha value is -1.26. The zero-order valence-corrected chi connectivity index (χ0v) is 8.58. The molecule has 0 bridgehead atoms. The first-order valence-electron chi connectivity index (χ1n) is 4.29. The molecule has 0 radical (unpaired) electrons. The van der Waals surface area contributed by atoms with Crippen LogP contribution in [0.25, 0.3) is 11.3 Å². The molecule has 0 atom stereocenters. The van der Waals surface area contributed by atoms with Gasteiger partial charge in [-0.3, -0.25) is 4.98 Å². The summed E-state index contributed by atoms with van der Waals surface area (Å²) in [6.45, 7) is 2.02. The fourth-order valence-electron chi connectivity index (χ4n) is 1.30. The third-order valence-corrected chi connectivity index (χ3v) is 2.89. The summed E-state index contributed by atoms with van der Waals surface area (Å²) in [6.07, 6.45) is 3.49. The first-order chi connectivity index (χ1) is 6.81. The van der Waals surface area contributed by atoms with Gasteiger partial charge in [0.1, 0.15) is 5.01 Å². The smallest absolute Gasteiger partial charge is 0.119 e. The molecule has 1 N–H and O–H groups in total. The van der Waals surface area contributed by atoms with E-state index in [1.54, 1.807) is 12.4 Å². The quantitative estimate of drug-likeness (QED) is 0.817. The second-order valence-electron chi connectivity index (χ2n) is 2.91. The number of aromatic nitrogens is 2. The maximum absolute atomic E-state index is 8.96. The number of hydrogen-bond donors (Lipinski definition) is 1. The lowest BCUT2D eigenvalue weighted by Crippen LogP contribution is -1.83. The highest BCUT2D eigenvalue weighted by molar-refractivity contribution is 7.12. The van der Waals surface area contributed by atoms with Gasteiger partial charge in [0.05, 0.1) is 12.3 Å². The summed E-state index contributed by atoms with van der Waals surface area (Å²) in [5.74, 6) is 0. The van der Waals surface area contributed by atoms with Gasteiger partial charge in [-0.1, -0.05) is 0 Å². The van der Waals surface area contributed by atoms with Crippen molar-refractivity contribution >= 4 is 11.3 Å². The maximum Gasteiger partial charge on any atom is 0.119 e. The number of rotatable bonds is 2. The number of nitrogens with zero attached hydrogens (tertiary/aromatic N) is 2. The maximum atomic E-state index is 8.96. The van der Waals surface area contributed by atoms with E-state index in [9.17, 15) is 0 Å². The van der Waals surface area contributed by atoms with Crippen molar-refractivity contribution in [1.29, 1.82) is 0 Å². The molecule has 3 nitrogen and oxygen atoms in total. The Morgan fingerprint density at radius 2 is 2.07 bits per heavy atom. The van der Waals surface area contributed by atoms with Crippen LogP contribution in [0.2, 0.25) is 0 Å². The van der Waals surface area contributed by atoms with Gasteiger partial charge in [-0.15, -0.1) is 11.3 Å². The Kier molecular flexibility index (Phi) is 2.56. The monoisotopic (exact) mass is 206 g/mol. The molecule has 14 heavy (non-hydrogen) atoms. The van der Waals surface area contributed by atoms with E-state index in [-0.39, 0.29) is 6.61 Å². The fourth-order valence-corrected chi connectivity index (χ4v) is 2.11. The normalized spacial score (nSPS) is 10.4. The van der Waals surface area contributed by atoms with E-state index in [1.807, 2.05) is 19.1 Å². The summed E-state index contributed by atoms with van der Waals surface area (Å²) < 4.78 is 0. The molecule has 0 saturated heterocycles. The van der Waals surface area contributed by atoms with Gasteiger partial charge in [0, 0.05) is 22.8 Å². The van der Waals surface area contributed by atoms with Gasteiger partial charge in [-0.25, -0.2) is 4.98 Å². The van der Waals surface area contributed by atoms with Crippen molar-refractivity contribution in [3.05, 3.63) is 34.4 Å². The molecule has 0 aliphatic carbocycles. The highest BCUT2D eigenvalue weighted by Gasteiger charge is 2.08. The van der Waals surface area contributed by atoms with E-state index in [0.717, 1.165) is 21.1 Å². The van der Waals surface area contributed by atoms with Crippen molar-refractivity contribution in [3.63, 3.8) is 0 Å². The summed E-state index contributed by atoms with van der Waals surface area (Å²) >= 11 is 1.53. The molecule has 0 aliphatic heterocycles. The minimum Gasteiger partial charge on any atom is -0.389 e. The van der Waals surface area contributed by atoms with Crippen LogP contribution >= 0.6 is 11.3 Å². The average Bonchev–Trinajstić information content (AvgIpc) is 2.61. The Bertz CT molecular complexity index is 425. The van der Waals surface area contributed by atoms with Crippen LogP contribution in [0.1, 0.15) is 9.88 Å². The predicted octanol–water partition coefficient (Wildman–Crippen LogP) is 2.01. The Morgan fingerprint density at radius 1 is 1.36 bits per heavy atom. The molecule has 0 saturated carbocycles. The number of thiazole rings is 1. The van der Waals surface area contributed by atoms with E-state index in [2.05, 4.69) is 9.97 Å². The zero-order valence-electron chi connectivity index (χ0n) is 7.77. The van der Waals surface area contributed by atoms with Crippen molar-refractivity contribution in [1.82, 2.24) is 9.97 Å². The number of hydrogen-bond acceptors (Lipinski definition) is 4. The average molecular weight is 206 g/mol. The van der Waals surface area contributed by atoms with E-state index in [1.165, 1.54) is 11.3 Å². The van der Waals surface area contributed by atoms with Crippen LogP contribution in [0.3, 0.4) is 0 Å². The van der Waals surface area contributed by atoms with Crippen LogP contribution in [-0.4, -0.2) is 15.1 Å². The molecule has 2 rings (SSSR count). The zero-order chi connectivity index (χ0) is 9.97. The molecule has 0 aliphatic rings. The van der Waals surface area contributed by atoms with Crippen molar-refractivity contribution in [2.75, 3.05) is 0 Å². The summed E-state index contributed by atoms with van der Waals surface area (Å²) in [5, 5.41) is 9.72. The molecule has 0 spiro atoms. The second-order valence-corrected chi connectivity index (χ2v) is 4.19. The summed E-state index contributed by atoms with van der Waals surface area (Å²) in [7, 11) is 0. The molecule has 72 valence electrons. The number of aliphatic hydroxyl groups is 1. The minimum absolute atomic E-state index is 0.0105. The SMILES string of the molecule is Cc1sc(CO)nc1-c1ccncc1. The lowest BCUT2D eigenvalue weighted by molar-refractivity contribution is 0.281. The number of pyridine rings is 1. The van der Waals surface area contributed by atoms with E-state index >= 15 is 0 Å². The van der Waals surface area contributed by atoms with Crippen LogP contribution in [0.15, 0.2) is 24.5 Å². The van der Waals surface area contributed by atoms with E-state index in [4.69, 9.17) is 5.11 Å².